The van der Waals surface area contributed by atoms with Gasteiger partial charge in [0.25, 0.3) is 5.56 Å². The molecule has 1 aromatic heterocycles. The van der Waals surface area contributed by atoms with Gasteiger partial charge in [0, 0.05) is 11.1 Å². The second-order valence-electron chi connectivity index (χ2n) is 8.65. The summed E-state index contributed by atoms with van der Waals surface area (Å²) < 4.78 is 1.55. The van der Waals surface area contributed by atoms with Crippen molar-refractivity contribution in [2.45, 2.75) is 18.5 Å². The van der Waals surface area contributed by atoms with Gasteiger partial charge in [-0.25, -0.2) is 4.98 Å². The molecule has 0 atom stereocenters. The van der Waals surface area contributed by atoms with E-state index in [-0.39, 0.29) is 23.0 Å². The Labute approximate surface area is 224 Å². The predicted molar refractivity (Wildman–Crippen MR) is 152 cm³/mol. The topological polar surface area (TPSA) is 81.1 Å². The molecule has 0 aliphatic heterocycles. The third-order valence-corrected chi connectivity index (χ3v) is 7.10. The van der Waals surface area contributed by atoms with Crippen LogP contribution in [-0.4, -0.2) is 27.0 Å². The van der Waals surface area contributed by atoms with Crippen LogP contribution in [0.3, 0.4) is 0 Å². The molecular formula is C31H25N3O3S. The highest BCUT2D eigenvalue weighted by atomic mass is 32.2. The van der Waals surface area contributed by atoms with Gasteiger partial charge in [-0.3, -0.25) is 19.0 Å². The van der Waals surface area contributed by atoms with E-state index in [4.69, 9.17) is 4.98 Å². The molecule has 0 saturated heterocycles. The van der Waals surface area contributed by atoms with Crippen LogP contribution in [0, 0.1) is 0 Å². The molecule has 0 spiro atoms. The average molecular weight is 520 g/mol. The van der Waals surface area contributed by atoms with Gasteiger partial charge < -0.3 is 5.32 Å². The quantitative estimate of drug-likeness (QED) is 0.157. The lowest BCUT2D eigenvalue weighted by Crippen LogP contribution is -2.23. The van der Waals surface area contributed by atoms with Crippen molar-refractivity contribution >= 4 is 40.0 Å². The number of nitrogens with one attached hydrogen (secondary N) is 1. The first-order valence-electron chi connectivity index (χ1n) is 12.3. The molecule has 188 valence electrons. The number of aromatic nitrogens is 2. The van der Waals surface area contributed by atoms with Gasteiger partial charge in [-0.1, -0.05) is 85.4 Å². The fourth-order valence-electron chi connectivity index (χ4n) is 4.17. The van der Waals surface area contributed by atoms with Gasteiger partial charge in [-0.15, -0.1) is 0 Å². The Kier molecular flexibility index (Phi) is 7.47. The lowest BCUT2D eigenvalue weighted by atomic mass is 10.0. The van der Waals surface area contributed by atoms with E-state index in [9.17, 15) is 14.4 Å². The van der Waals surface area contributed by atoms with Crippen molar-refractivity contribution in [3.63, 3.8) is 0 Å². The van der Waals surface area contributed by atoms with Gasteiger partial charge in [0.15, 0.2) is 10.9 Å². The van der Waals surface area contributed by atoms with Crippen molar-refractivity contribution in [2.75, 3.05) is 11.1 Å². The Balaban J connectivity index is 1.42. The molecule has 1 heterocycles. The number of benzene rings is 4. The van der Waals surface area contributed by atoms with E-state index in [1.54, 1.807) is 65.2 Å². The highest BCUT2D eigenvalue weighted by Gasteiger charge is 2.17. The number of carbonyl (C=O) groups is 2. The summed E-state index contributed by atoms with van der Waals surface area (Å²) in [5.41, 5.74) is 3.61. The summed E-state index contributed by atoms with van der Waals surface area (Å²) >= 11 is 1.17. The third-order valence-electron chi connectivity index (χ3n) is 6.16. The molecule has 38 heavy (non-hydrogen) atoms. The number of fused-ring (bicyclic) bond motifs is 1. The second kappa shape index (κ2) is 11.3. The number of carbonyl (C=O) groups excluding carboxylic acids is 2. The zero-order valence-corrected chi connectivity index (χ0v) is 21.6. The van der Waals surface area contributed by atoms with E-state index in [1.165, 1.54) is 11.8 Å². The van der Waals surface area contributed by atoms with E-state index in [2.05, 4.69) is 12.2 Å². The van der Waals surface area contributed by atoms with Crippen LogP contribution in [0.15, 0.2) is 113 Å². The lowest BCUT2D eigenvalue weighted by Gasteiger charge is -2.14. The zero-order chi connectivity index (χ0) is 26.5. The van der Waals surface area contributed by atoms with E-state index in [1.807, 2.05) is 42.5 Å². The van der Waals surface area contributed by atoms with Crippen molar-refractivity contribution in [3.8, 4) is 5.69 Å². The average Bonchev–Trinajstić information content (AvgIpc) is 2.97. The van der Waals surface area contributed by atoms with Gasteiger partial charge in [0.05, 0.1) is 28.0 Å². The Bertz CT molecular complexity index is 1680. The summed E-state index contributed by atoms with van der Waals surface area (Å²) in [6, 6.07) is 30.8. The van der Waals surface area contributed by atoms with Crippen LogP contribution in [0.1, 0.15) is 28.4 Å². The van der Waals surface area contributed by atoms with Crippen molar-refractivity contribution < 1.29 is 9.59 Å². The largest absolute Gasteiger partial charge is 0.325 e. The molecule has 0 aliphatic rings. The summed E-state index contributed by atoms with van der Waals surface area (Å²) in [6.45, 7) is 2.07. The molecule has 5 rings (SSSR count). The smallest absolute Gasteiger partial charge is 0.266 e. The Morgan fingerprint density at radius 2 is 1.53 bits per heavy atom. The second-order valence-corrected chi connectivity index (χ2v) is 9.59. The molecule has 0 aliphatic carbocycles. The fourth-order valence-corrected chi connectivity index (χ4v) is 4.98. The minimum atomic E-state index is -0.307. The highest BCUT2D eigenvalue weighted by Crippen LogP contribution is 2.24. The first kappa shape index (κ1) is 25.2. The Morgan fingerprint density at radius 3 is 2.29 bits per heavy atom. The van der Waals surface area contributed by atoms with E-state index >= 15 is 0 Å². The zero-order valence-electron chi connectivity index (χ0n) is 20.8. The van der Waals surface area contributed by atoms with Crippen molar-refractivity contribution in [1.29, 1.82) is 0 Å². The number of thioether (sulfide) groups is 1. The summed E-state index contributed by atoms with van der Waals surface area (Å²) in [4.78, 5) is 44.2. The first-order chi connectivity index (χ1) is 18.5. The van der Waals surface area contributed by atoms with Crippen LogP contribution >= 0.6 is 11.8 Å². The molecule has 0 radical (unpaired) electrons. The number of para-hydroxylation sites is 2. The molecule has 0 bridgehead atoms. The molecule has 1 amide bonds. The monoisotopic (exact) mass is 519 g/mol. The summed E-state index contributed by atoms with van der Waals surface area (Å²) in [6.07, 6.45) is 0.890. The van der Waals surface area contributed by atoms with Crippen LogP contribution in [0.5, 0.6) is 0 Å². The van der Waals surface area contributed by atoms with Crippen LogP contribution in [0.25, 0.3) is 16.6 Å². The summed E-state index contributed by atoms with van der Waals surface area (Å²) in [5.74, 6) is -0.473. The third kappa shape index (κ3) is 5.28. The minimum absolute atomic E-state index is 0.00564. The number of anilines is 1. The van der Waals surface area contributed by atoms with E-state index in [0.29, 0.717) is 38.6 Å². The van der Waals surface area contributed by atoms with Crippen molar-refractivity contribution in [1.82, 2.24) is 9.55 Å². The van der Waals surface area contributed by atoms with Crippen LogP contribution in [0.4, 0.5) is 5.69 Å². The molecule has 7 heteroatoms. The number of hydrogen-bond acceptors (Lipinski definition) is 5. The van der Waals surface area contributed by atoms with Crippen LogP contribution in [0.2, 0.25) is 0 Å². The number of hydrogen-bond donors (Lipinski definition) is 1. The van der Waals surface area contributed by atoms with Gasteiger partial charge in [-0.2, -0.15) is 0 Å². The highest BCUT2D eigenvalue weighted by molar-refractivity contribution is 7.99. The Hall–Kier alpha value is -4.49. The number of aryl methyl sites for hydroxylation is 1. The van der Waals surface area contributed by atoms with Gasteiger partial charge in [0.1, 0.15) is 0 Å². The van der Waals surface area contributed by atoms with E-state index < -0.39 is 0 Å². The maximum atomic E-state index is 13.5. The first-order valence-corrected chi connectivity index (χ1v) is 13.3. The van der Waals surface area contributed by atoms with E-state index in [0.717, 1.165) is 12.0 Å². The number of rotatable bonds is 8. The normalized spacial score (nSPS) is 10.9. The standard InChI is InChI=1S/C31H25N3O3S/c1-2-21-16-18-23(19-17-21)34-30(37)25-13-7-9-15-27(25)33-31(34)38-20-28(35)32-26-14-8-6-12-24(26)29(36)22-10-4-3-5-11-22/h3-19H,2,20H2,1H3,(H,32,35). The molecule has 0 fully saturated rings. The van der Waals surface area contributed by atoms with Crippen molar-refractivity contribution in [2.24, 2.45) is 0 Å². The number of ketones is 1. The van der Waals surface area contributed by atoms with Gasteiger partial charge >= 0.3 is 0 Å². The molecular weight excluding hydrogens is 494 g/mol. The summed E-state index contributed by atoms with van der Waals surface area (Å²) in [7, 11) is 0. The van der Waals surface area contributed by atoms with Crippen LogP contribution in [-0.2, 0) is 11.2 Å². The fraction of sp³-hybridized carbons (Fsp3) is 0.0968. The van der Waals surface area contributed by atoms with Crippen LogP contribution < -0.4 is 10.9 Å². The maximum Gasteiger partial charge on any atom is 0.266 e. The molecule has 0 unspecified atom stereocenters. The molecule has 6 nitrogen and oxygen atoms in total. The Morgan fingerprint density at radius 1 is 0.842 bits per heavy atom. The molecule has 4 aromatic carbocycles. The maximum absolute atomic E-state index is 13.5. The molecule has 1 N–H and O–H groups in total. The number of nitrogens with zero attached hydrogens (tertiary/aromatic N) is 2. The molecule has 0 saturated carbocycles. The number of amides is 1. The predicted octanol–water partition coefficient (Wildman–Crippen LogP) is 5.91. The molecule has 5 aromatic rings. The van der Waals surface area contributed by atoms with Gasteiger partial charge in [-0.05, 0) is 48.4 Å². The minimum Gasteiger partial charge on any atom is -0.325 e. The van der Waals surface area contributed by atoms with Gasteiger partial charge in [0.2, 0.25) is 5.91 Å². The van der Waals surface area contributed by atoms with Crippen molar-refractivity contribution in [3.05, 3.63) is 130 Å². The SMILES string of the molecule is CCc1ccc(-n2c(SCC(=O)Nc3ccccc3C(=O)c3ccccc3)nc3ccccc3c2=O)cc1. The lowest BCUT2D eigenvalue weighted by molar-refractivity contribution is -0.113. The summed E-state index contributed by atoms with van der Waals surface area (Å²) in [5, 5.41) is 3.79.